The van der Waals surface area contributed by atoms with Crippen LogP contribution in [0.1, 0.15) is 0 Å². The zero-order valence-electron chi connectivity index (χ0n) is 29.0. The molecule has 0 saturated heterocycles. The van der Waals surface area contributed by atoms with Gasteiger partial charge in [-0.15, -0.1) is 11.3 Å². The Morgan fingerprint density at radius 3 is 1.57 bits per heavy atom. The molecule has 3 heterocycles. The first-order valence-electron chi connectivity index (χ1n) is 18.1. The Labute approximate surface area is 315 Å². The topological polar surface area (TPSA) is 43.6 Å². The summed E-state index contributed by atoms with van der Waals surface area (Å²) in [6.45, 7) is 0. The van der Waals surface area contributed by atoms with Crippen LogP contribution < -0.4 is 0 Å². The Morgan fingerprint density at radius 1 is 0.352 bits per heavy atom. The van der Waals surface area contributed by atoms with E-state index < -0.39 is 0 Å². The second-order valence-corrected chi connectivity index (χ2v) is 14.7. The van der Waals surface area contributed by atoms with Crippen molar-refractivity contribution in [2.24, 2.45) is 0 Å². The summed E-state index contributed by atoms with van der Waals surface area (Å²) in [7, 11) is 0. The van der Waals surface area contributed by atoms with E-state index in [9.17, 15) is 0 Å². The number of rotatable bonds is 5. The van der Waals surface area contributed by atoms with E-state index in [4.69, 9.17) is 15.0 Å². The number of nitrogens with zero attached hydrogens (tertiary/aromatic N) is 4. The van der Waals surface area contributed by atoms with Gasteiger partial charge in [-0.25, -0.2) is 15.0 Å². The number of hydrogen-bond donors (Lipinski definition) is 0. The van der Waals surface area contributed by atoms with E-state index in [2.05, 4.69) is 126 Å². The number of aromatic nitrogens is 4. The standard InChI is InChI=1S/C49H30N4S/c1-3-12-32(13-4-1)47-50-48(33-14-5-2-6-15-33)52-49(51-47)34-19-24-37(25-20-34)53-42-26-22-35(30-41(42)46-38-16-8-7-11-31(38)21-27-43(46)53)36-23-28-45-40(29-36)39-17-9-10-18-44(39)54-45/h1-30H. The molecule has 0 radical (unpaired) electrons. The first-order chi connectivity index (χ1) is 26.7. The summed E-state index contributed by atoms with van der Waals surface area (Å²) in [5.74, 6) is 1.95. The maximum absolute atomic E-state index is 4.97. The molecule has 0 bridgehead atoms. The molecule has 0 saturated carbocycles. The zero-order valence-corrected chi connectivity index (χ0v) is 29.8. The second kappa shape index (κ2) is 12.3. The van der Waals surface area contributed by atoms with Gasteiger partial charge in [-0.2, -0.15) is 0 Å². The van der Waals surface area contributed by atoms with Crippen LogP contribution in [0, 0.1) is 0 Å². The van der Waals surface area contributed by atoms with Gasteiger partial charge in [-0.1, -0.05) is 121 Å². The van der Waals surface area contributed by atoms with Crippen LogP contribution in [0.25, 0.3) is 104 Å². The molecular formula is C49H30N4S. The van der Waals surface area contributed by atoms with Crippen molar-refractivity contribution in [1.82, 2.24) is 19.5 Å². The van der Waals surface area contributed by atoms with Crippen LogP contribution in [-0.4, -0.2) is 19.5 Å². The minimum atomic E-state index is 0.641. The van der Waals surface area contributed by atoms with Gasteiger partial charge in [0.15, 0.2) is 17.5 Å². The lowest BCUT2D eigenvalue weighted by molar-refractivity contribution is 1.07. The highest BCUT2D eigenvalue weighted by Crippen LogP contribution is 2.41. The number of fused-ring (bicyclic) bond motifs is 8. The summed E-state index contributed by atoms with van der Waals surface area (Å²) in [6, 6.07) is 64.6. The van der Waals surface area contributed by atoms with Crippen molar-refractivity contribution in [3.63, 3.8) is 0 Å². The van der Waals surface area contributed by atoms with Crippen molar-refractivity contribution in [1.29, 1.82) is 0 Å². The third-order valence-corrected chi connectivity index (χ3v) is 11.6. The molecule has 0 aliphatic carbocycles. The van der Waals surface area contributed by atoms with E-state index in [1.807, 2.05) is 72.0 Å². The third-order valence-electron chi connectivity index (χ3n) is 10.4. The summed E-state index contributed by atoms with van der Waals surface area (Å²) in [5, 5.41) is 7.60. The number of thiophene rings is 1. The monoisotopic (exact) mass is 706 g/mol. The summed E-state index contributed by atoms with van der Waals surface area (Å²) in [4.78, 5) is 14.8. The van der Waals surface area contributed by atoms with Gasteiger partial charge in [0.1, 0.15) is 0 Å². The predicted octanol–water partition coefficient (Wildman–Crippen LogP) is 13.2. The Hall–Kier alpha value is -6.95. The normalized spacial score (nSPS) is 11.7. The van der Waals surface area contributed by atoms with Gasteiger partial charge in [0.05, 0.1) is 11.0 Å². The van der Waals surface area contributed by atoms with E-state index >= 15 is 0 Å². The lowest BCUT2D eigenvalue weighted by Gasteiger charge is -2.11. The average molecular weight is 707 g/mol. The second-order valence-electron chi connectivity index (χ2n) is 13.6. The molecule has 0 unspecified atom stereocenters. The Kier molecular flexibility index (Phi) is 7.00. The van der Waals surface area contributed by atoms with E-state index in [1.54, 1.807) is 0 Å². The average Bonchev–Trinajstić information content (AvgIpc) is 3.79. The molecule has 0 N–H and O–H groups in total. The molecule has 54 heavy (non-hydrogen) atoms. The van der Waals surface area contributed by atoms with Crippen LogP contribution in [-0.2, 0) is 0 Å². The van der Waals surface area contributed by atoms with Gasteiger partial charge in [0.2, 0.25) is 0 Å². The van der Waals surface area contributed by atoms with Crippen LogP contribution in [0.5, 0.6) is 0 Å². The molecule has 252 valence electrons. The van der Waals surface area contributed by atoms with Crippen molar-refractivity contribution >= 4 is 64.1 Å². The summed E-state index contributed by atoms with van der Waals surface area (Å²) in [5.41, 5.74) is 8.68. The van der Waals surface area contributed by atoms with E-state index in [0.717, 1.165) is 27.9 Å². The van der Waals surface area contributed by atoms with Gasteiger partial charge < -0.3 is 4.57 Å². The minimum Gasteiger partial charge on any atom is -0.309 e. The molecule has 0 aliphatic heterocycles. The van der Waals surface area contributed by atoms with Crippen molar-refractivity contribution < 1.29 is 0 Å². The van der Waals surface area contributed by atoms with Gasteiger partial charge >= 0.3 is 0 Å². The molecule has 0 atom stereocenters. The molecule has 8 aromatic carbocycles. The van der Waals surface area contributed by atoms with E-state index in [0.29, 0.717) is 17.5 Å². The van der Waals surface area contributed by atoms with Gasteiger partial charge in [-0.05, 0) is 82.6 Å². The molecule has 11 aromatic rings. The minimum absolute atomic E-state index is 0.641. The fourth-order valence-electron chi connectivity index (χ4n) is 7.85. The predicted molar refractivity (Wildman–Crippen MR) is 226 cm³/mol. The van der Waals surface area contributed by atoms with Gasteiger partial charge in [-0.3, -0.25) is 0 Å². The van der Waals surface area contributed by atoms with Gasteiger partial charge in [0.25, 0.3) is 0 Å². The molecule has 0 amide bonds. The molecular weight excluding hydrogens is 677 g/mol. The molecule has 3 aromatic heterocycles. The van der Waals surface area contributed by atoms with Crippen LogP contribution in [0.15, 0.2) is 182 Å². The maximum atomic E-state index is 4.97. The number of hydrogen-bond acceptors (Lipinski definition) is 4. The summed E-state index contributed by atoms with van der Waals surface area (Å²) in [6.07, 6.45) is 0. The lowest BCUT2D eigenvalue weighted by atomic mass is 9.99. The fraction of sp³-hybridized carbons (Fsp3) is 0. The molecule has 0 fully saturated rings. The lowest BCUT2D eigenvalue weighted by Crippen LogP contribution is -2.00. The van der Waals surface area contributed by atoms with Crippen molar-refractivity contribution in [2.75, 3.05) is 0 Å². The quantitative estimate of drug-likeness (QED) is 0.179. The van der Waals surface area contributed by atoms with E-state index in [1.165, 1.54) is 58.4 Å². The van der Waals surface area contributed by atoms with Crippen molar-refractivity contribution in [3.05, 3.63) is 182 Å². The molecule has 11 rings (SSSR count). The van der Waals surface area contributed by atoms with Crippen molar-refractivity contribution in [2.45, 2.75) is 0 Å². The third kappa shape index (κ3) is 5.01. The summed E-state index contributed by atoms with van der Waals surface area (Å²) < 4.78 is 5.03. The van der Waals surface area contributed by atoms with Crippen LogP contribution >= 0.6 is 11.3 Å². The van der Waals surface area contributed by atoms with Gasteiger partial charge in [0, 0.05) is 53.3 Å². The Balaban J connectivity index is 1.07. The van der Waals surface area contributed by atoms with Crippen molar-refractivity contribution in [3.8, 4) is 51.0 Å². The Morgan fingerprint density at radius 2 is 0.870 bits per heavy atom. The molecule has 4 nitrogen and oxygen atoms in total. The number of benzene rings is 8. The largest absolute Gasteiger partial charge is 0.309 e. The Bertz CT molecular complexity index is 3140. The smallest absolute Gasteiger partial charge is 0.164 e. The molecule has 0 spiro atoms. The first kappa shape index (κ1) is 30.7. The van der Waals surface area contributed by atoms with Crippen LogP contribution in [0.2, 0.25) is 0 Å². The van der Waals surface area contributed by atoms with Crippen LogP contribution in [0.3, 0.4) is 0 Å². The maximum Gasteiger partial charge on any atom is 0.164 e. The SMILES string of the molecule is c1ccc(-c2nc(-c3ccccc3)nc(-c3ccc(-n4c5ccc(-c6ccc7sc8ccccc8c7c6)cc5c5c6ccccc6ccc54)cc3)n2)cc1. The molecule has 0 aliphatic rings. The zero-order chi connectivity index (χ0) is 35.6. The highest BCUT2D eigenvalue weighted by Gasteiger charge is 2.18. The fourth-order valence-corrected chi connectivity index (χ4v) is 8.94. The van der Waals surface area contributed by atoms with Crippen LogP contribution in [0.4, 0.5) is 0 Å². The van der Waals surface area contributed by atoms with E-state index in [-0.39, 0.29) is 0 Å². The first-order valence-corrected chi connectivity index (χ1v) is 18.9. The molecule has 5 heteroatoms. The summed E-state index contributed by atoms with van der Waals surface area (Å²) >= 11 is 1.86. The highest BCUT2D eigenvalue weighted by atomic mass is 32.1. The highest BCUT2D eigenvalue weighted by molar-refractivity contribution is 7.25.